The second-order valence-electron chi connectivity index (χ2n) is 4.23. The summed E-state index contributed by atoms with van der Waals surface area (Å²) in [6, 6.07) is 9.33. The minimum atomic E-state index is -3.53. The summed E-state index contributed by atoms with van der Waals surface area (Å²) in [4.78, 5) is 0. The van der Waals surface area contributed by atoms with Gasteiger partial charge in [0, 0.05) is 0 Å². The van der Waals surface area contributed by atoms with Crippen LogP contribution < -0.4 is 10.5 Å². The van der Waals surface area contributed by atoms with Crippen LogP contribution in [0.5, 0.6) is 0 Å². The topological polar surface area (TPSA) is 125 Å². The van der Waals surface area contributed by atoms with Crippen LogP contribution in [0, 0.1) is 5.41 Å². The summed E-state index contributed by atoms with van der Waals surface area (Å²) in [5, 5.41) is 13.5. The summed E-state index contributed by atoms with van der Waals surface area (Å²) in [7, 11) is -3.53. The highest BCUT2D eigenvalue weighted by Gasteiger charge is 2.15. The molecule has 106 valence electrons. The number of aromatic nitrogens is 2. The van der Waals surface area contributed by atoms with E-state index in [9.17, 15) is 8.42 Å². The number of anilines is 1. The summed E-state index contributed by atoms with van der Waals surface area (Å²) < 4.78 is 26.3. The number of nitrogens with one attached hydrogen (secondary N) is 3. The van der Waals surface area contributed by atoms with E-state index < -0.39 is 10.0 Å². The van der Waals surface area contributed by atoms with Gasteiger partial charge in [0.1, 0.15) is 11.7 Å². The molecule has 8 heteroatoms. The van der Waals surface area contributed by atoms with Crippen LogP contribution in [-0.4, -0.2) is 30.2 Å². The highest BCUT2D eigenvalue weighted by Crippen LogP contribution is 2.12. The van der Waals surface area contributed by atoms with Crippen LogP contribution in [0.1, 0.15) is 11.1 Å². The van der Waals surface area contributed by atoms with Crippen molar-refractivity contribution in [1.82, 2.24) is 10.2 Å². The molecule has 0 aliphatic heterocycles. The number of rotatable bonds is 6. The van der Waals surface area contributed by atoms with Crippen LogP contribution in [-0.2, 0) is 16.4 Å². The number of hydrogen-bond acceptors (Lipinski definition) is 4. The fourth-order valence-corrected chi connectivity index (χ4v) is 2.74. The normalized spacial score (nSPS) is 11.2. The molecule has 20 heavy (non-hydrogen) atoms. The van der Waals surface area contributed by atoms with E-state index in [0.717, 1.165) is 5.56 Å². The maximum absolute atomic E-state index is 12.0. The Morgan fingerprint density at radius 2 is 2.05 bits per heavy atom. The molecule has 0 saturated heterocycles. The molecular weight excluding hydrogens is 278 g/mol. The molecule has 0 aliphatic rings. The van der Waals surface area contributed by atoms with E-state index in [1.165, 1.54) is 6.20 Å². The van der Waals surface area contributed by atoms with Gasteiger partial charge in [-0.1, -0.05) is 30.3 Å². The van der Waals surface area contributed by atoms with E-state index >= 15 is 0 Å². The molecule has 2 aromatic rings. The summed E-state index contributed by atoms with van der Waals surface area (Å²) in [6.45, 7) is 0. The molecule has 0 aliphatic carbocycles. The maximum atomic E-state index is 12.0. The first-order valence-electron chi connectivity index (χ1n) is 5.90. The van der Waals surface area contributed by atoms with Gasteiger partial charge in [-0.25, -0.2) is 8.42 Å². The Morgan fingerprint density at radius 1 is 1.35 bits per heavy atom. The standard InChI is InChI=1S/C12H15N5O2S/c13-11(14)10-8-15-16-12(10)17-20(18,19)7-6-9-4-2-1-3-5-9/h1-5,8H,6-7H2,(H3,13,14)(H2,15,16,17). The van der Waals surface area contributed by atoms with E-state index in [0.29, 0.717) is 6.42 Å². The number of nitrogens with zero attached hydrogens (tertiary/aromatic N) is 1. The van der Waals surface area contributed by atoms with E-state index in [4.69, 9.17) is 11.1 Å². The lowest BCUT2D eigenvalue weighted by atomic mass is 10.2. The molecule has 5 N–H and O–H groups in total. The summed E-state index contributed by atoms with van der Waals surface area (Å²) in [5.41, 5.74) is 6.50. The van der Waals surface area contributed by atoms with Gasteiger partial charge < -0.3 is 5.73 Å². The number of nitrogen functional groups attached to an aromatic ring is 1. The van der Waals surface area contributed by atoms with Crippen molar-refractivity contribution in [1.29, 1.82) is 5.41 Å². The van der Waals surface area contributed by atoms with E-state index in [2.05, 4.69) is 14.9 Å². The number of sulfonamides is 1. The minimum absolute atomic E-state index is 0.0621. The Balaban J connectivity index is 2.04. The predicted molar refractivity (Wildman–Crippen MR) is 77.2 cm³/mol. The van der Waals surface area contributed by atoms with E-state index in [-0.39, 0.29) is 23.0 Å². The molecule has 1 aromatic heterocycles. The summed E-state index contributed by atoms with van der Waals surface area (Å²) >= 11 is 0. The van der Waals surface area contributed by atoms with Crippen LogP contribution in [0.4, 0.5) is 5.82 Å². The largest absolute Gasteiger partial charge is 0.384 e. The van der Waals surface area contributed by atoms with Gasteiger partial charge in [-0.05, 0) is 12.0 Å². The Kier molecular flexibility index (Phi) is 4.04. The number of hydrogen-bond donors (Lipinski definition) is 4. The van der Waals surface area contributed by atoms with Crippen molar-refractivity contribution in [2.45, 2.75) is 6.42 Å². The van der Waals surface area contributed by atoms with Gasteiger partial charge in [0.15, 0.2) is 0 Å². The van der Waals surface area contributed by atoms with Gasteiger partial charge in [0.25, 0.3) is 0 Å². The lowest BCUT2D eigenvalue weighted by molar-refractivity contribution is 0.600. The second kappa shape index (κ2) is 5.74. The third kappa shape index (κ3) is 3.58. The first kappa shape index (κ1) is 14.1. The average Bonchev–Trinajstić information content (AvgIpc) is 2.85. The van der Waals surface area contributed by atoms with E-state index in [1.807, 2.05) is 30.3 Å². The maximum Gasteiger partial charge on any atom is 0.234 e. The molecule has 1 aromatic carbocycles. The molecule has 0 amide bonds. The van der Waals surface area contributed by atoms with Crippen LogP contribution in [0.25, 0.3) is 0 Å². The zero-order valence-corrected chi connectivity index (χ0v) is 11.4. The highest BCUT2D eigenvalue weighted by molar-refractivity contribution is 7.92. The Bertz CT molecular complexity index is 694. The summed E-state index contributed by atoms with van der Waals surface area (Å²) in [5.74, 6) is -0.196. The smallest absolute Gasteiger partial charge is 0.234 e. The number of aryl methyl sites for hydroxylation is 1. The molecule has 0 fully saturated rings. The Morgan fingerprint density at radius 3 is 2.70 bits per heavy atom. The van der Waals surface area contributed by atoms with Gasteiger partial charge >= 0.3 is 0 Å². The first-order chi connectivity index (χ1) is 9.48. The van der Waals surface area contributed by atoms with E-state index in [1.54, 1.807) is 0 Å². The van der Waals surface area contributed by atoms with Crippen molar-refractivity contribution < 1.29 is 8.42 Å². The number of benzene rings is 1. The zero-order valence-electron chi connectivity index (χ0n) is 10.6. The Hall–Kier alpha value is -2.35. The van der Waals surface area contributed by atoms with Gasteiger partial charge in [-0.3, -0.25) is 15.2 Å². The number of aromatic amines is 1. The van der Waals surface area contributed by atoms with Gasteiger partial charge in [0.05, 0.1) is 17.5 Å². The third-order valence-corrected chi connectivity index (χ3v) is 3.95. The molecule has 2 rings (SSSR count). The molecular formula is C12H15N5O2S. The molecule has 0 radical (unpaired) electrons. The zero-order chi connectivity index (χ0) is 14.6. The van der Waals surface area contributed by atoms with Crippen LogP contribution in [0.15, 0.2) is 36.5 Å². The fourth-order valence-electron chi connectivity index (χ4n) is 1.67. The molecule has 0 unspecified atom stereocenters. The predicted octanol–water partition coefficient (Wildman–Crippen LogP) is 0.678. The first-order valence-corrected chi connectivity index (χ1v) is 7.55. The van der Waals surface area contributed by atoms with Crippen molar-refractivity contribution in [3.05, 3.63) is 47.7 Å². The highest BCUT2D eigenvalue weighted by atomic mass is 32.2. The molecule has 0 bridgehead atoms. The van der Waals surface area contributed by atoms with Crippen LogP contribution >= 0.6 is 0 Å². The number of H-pyrrole nitrogens is 1. The van der Waals surface area contributed by atoms with Crippen molar-refractivity contribution in [2.75, 3.05) is 10.5 Å². The third-order valence-electron chi connectivity index (χ3n) is 2.69. The Labute approximate surface area is 116 Å². The van der Waals surface area contributed by atoms with Crippen molar-refractivity contribution in [2.24, 2.45) is 5.73 Å². The van der Waals surface area contributed by atoms with Crippen molar-refractivity contribution in [3.63, 3.8) is 0 Å². The van der Waals surface area contributed by atoms with Gasteiger partial charge in [-0.15, -0.1) is 0 Å². The summed E-state index contributed by atoms with van der Waals surface area (Å²) in [6.07, 6.45) is 1.71. The number of amidine groups is 1. The average molecular weight is 293 g/mol. The monoisotopic (exact) mass is 293 g/mol. The molecule has 0 saturated carbocycles. The lowest BCUT2D eigenvalue weighted by Gasteiger charge is -2.07. The van der Waals surface area contributed by atoms with Gasteiger partial charge in [0.2, 0.25) is 10.0 Å². The lowest BCUT2D eigenvalue weighted by Crippen LogP contribution is -2.21. The van der Waals surface area contributed by atoms with Crippen LogP contribution in [0.2, 0.25) is 0 Å². The minimum Gasteiger partial charge on any atom is -0.384 e. The molecule has 0 atom stereocenters. The second-order valence-corrected chi connectivity index (χ2v) is 6.07. The quantitative estimate of drug-likeness (QED) is 0.461. The van der Waals surface area contributed by atoms with Crippen LogP contribution in [0.3, 0.4) is 0 Å². The number of nitrogens with two attached hydrogens (primary N) is 1. The van der Waals surface area contributed by atoms with Gasteiger partial charge in [-0.2, -0.15) is 5.10 Å². The molecule has 7 nitrogen and oxygen atoms in total. The van der Waals surface area contributed by atoms with Crippen molar-refractivity contribution >= 4 is 21.7 Å². The molecule has 0 spiro atoms. The molecule has 1 heterocycles. The SMILES string of the molecule is N=C(N)c1cn[nH]c1NS(=O)(=O)CCc1ccccc1. The fraction of sp³-hybridized carbons (Fsp3) is 0.167. The van der Waals surface area contributed by atoms with Crippen molar-refractivity contribution in [3.8, 4) is 0 Å².